The topological polar surface area (TPSA) is 251 Å². The Morgan fingerprint density at radius 2 is 0.800 bits per heavy atom. The monoisotopic (exact) mass is 207 g/mol. The Kier molecular flexibility index (Phi) is 614. The summed E-state index contributed by atoms with van der Waals surface area (Å²) >= 11 is -3.94. The molecule has 0 atom stereocenters. The number of hydrogen-bond donors (Lipinski definition) is 1. The number of quaternary nitrogens is 1. The molecular formula is H14NO8V. The Morgan fingerprint density at radius 1 is 0.800 bits per heavy atom. The third-order valence-electron chi connectivity index (χ3n) is 0. The van der Waals surface area contributed by atoms with Crippen molar-refractivity contribution in [3.05, 3.63) is 0 Å². The van der Waals surface area contributed by atoms with E-state index in [0.29, 0.717) is 0 Å². The molecule has 0 aliphatic rings. The third kappa shape index (κ3) is 41200. The molecule has 0 unspecified atom stereocenters. The molecule has 0 bridgehead atoms. The van der Waals surface area contributed by atoms with E-state index in [1.165, 1.54) is 0 Å². The molecule has 0 rings (SSSR count). The molecule has 0 aromatic rings. The first-order valence-corrected chi connectivity index (χ1v) is 2.26. The summed E-state index contributed by atoms with van der Waals surface area (Å²) in [5, 5.41) is 0. The molecule has 0 fully saturated rings. The van der Waals surface area contributed by atoms with Gasteiger partial charge in [0.25, 0.3) is 0 Å². The first-order valence-electron chi connectivity index (χ1n) is 0.548. The van der Waals surface area contributed by atoms with Gasteiger partial charge in [0.15, 0.2) is 0 Å². The Hall–Kier alpha value is -0.0956. The molecule has 14 N–H and O–H groups in total. The van der Waals surface area contributed by atoms with Crippen molar-refractivity contribution in [1.82, 2.24) is 6.15 Å². The first-order chi connectivity index (χ1) is 1.73. The Balaban J connectivity index is -0.00000000300. The van der Waals surface area contributed by atoms with Gasteiger partial charge in [-0.1, -0.05) is 0 Å². The van der Waals surface area contributed by atoms with Gasteiger partial charge in [0.05, 0.1) is 0 Å². The van der Waals surface area contributed by atoms with Gasteiger partial charge in [-0.25, -0.2) is 0 Å². The van der Waals surface area contributed by atoms with Crippen molar-refractivity contribution < 1.29 is 54.2 Å². The Labute approximate surface area is 61.2 Å². The van der Waals surface area contributed by atoms with Crippen LogP contribution in [0.3, 0.4) is 0 Å². The van der Waals surface area contributed by atoms with E-state index in [9.17, 15) is 0 Å². The van der Waals surface area contributed by atoms with Crippen LogP contribution in [-0.2, 0) is 22.7 Å². The molecule has 10 heavy (non-hydrogen) atoms. The SMILES string of the molecule is O.O.O.O.O.[NH4+].[O]=[V](=[O])[O-]. The quantitative estimate of drug-likeness (QED) is 0.408. The van der Waals surface area contributed by atoms with Crippen LogP contribution in [0.15, 0.2) is 0 Å². The summed E-state index contributed by atoms with van der Waals surface area (Å²) in [4.78, 5) is 0. The van der Waals surface area contributed by atoms with Gasteiger partial charge in [-0.15, -0.1) is 0 Å². The summed E-state index contributed by atoms with van der Waals surface area (Å²) in [7, 11) is 0. The number of hydrogen-bond acceptors (Lipinski definition) is 3. The van der Waals surface area contributed by atoms with E-state index in [-0.39, 0.29) is 33.5 Å². The van der Waals surface area contributed by atoms with Crippen LogP contribution in [0.1, 0.15) is 0 Å². The molecule has 0 radical (unpaired) electrons. The van der Waals surface area contributed by atoms with Crippen LogP contribution in [0.5, 0.6) is 0 Å². The fourth-order valence-corrected chi connectivity index (χ4v) is 0. The molecule has 0 saturated heterocycles. The normalized spacial score (nSPS) is 2.50. The van der Waals surface area contributed by atoms with Crippen molar-refractivity contribution in [1.29, 1.82) is 0 Å². The second kappa shape index (κ2) is 66.0. The average molecular weight is 207 g/mol. The van der Waals surface area contributed by atoms with E-state index in [2.05, 4.69) is 0 Å². The summed E-state index contributed by atoms with van der Waals surface area (Å²) in [5.74, 6) is 0. The van der Waals surface area contributed by atoms with Crippen molar-refractivity contribution in [2.24, 2.45) is 0 Å². The molecular weight excluding hydrogens is 193 g/mol. The van der Waals surface area contributed by atoms with Crippen LogP contribution < -0.4 is 10.2 Å². The molecule has 9 nitrogen and oxygen atoms in total. The molecule has 0 spiro atoms. The number of rotatable bonds is 0. The van der Waals surface area contributed by atoms with Crippen LogP contribution in [-0.4, -0.2) is 27.4 Å². The fraction of sp³-hybridized carbons (Fsp3) is 0. The molecule has 0 heterocycles. The summed E-state index contributed by atoms with van der Waals surface area (Å²) < 4.78 is 25.7. The summed E-state index contributed by atoms with van der Waals surface area (Å²) in [6, 6.07) is 0. The molecule has 72 valence electrons. The van der Waals surface area contributed by atoms with Gasteiger partial charge in [-0.2, -0.15) is 0 Å². The molecule has 0 aromatic carbocycles. The minimum atomic E-state index is -3.94. The summed E-state index contributed by atoms with van der Waals surface area (Å²) in [6.07, 6.45) is 0. The van der Waals surface area contributed by atoms with Gasteiger partial charge in [-0.05, 0) is 0 Å². The van der Waals surface area contributed by atoms with E-state index >= 15 is 0 Å². The average Bonchev–Trinajstić information content (AvgIpc) is 0.811. The van der Waals surface area contributed by atoms with Crippen molar-refractivity contribution in [2.75, 3.05) is 0 Å². The van der Waals surface area contributed by atoms with Gasteiger partial charge in [0.2, 0.25) is 0 Å². The molecule has 10 heteroatoms. The molecule has 0 saturated carbocycles. The van der Waals surface area contributed by atoms with E-state index in [4.69, 9.17) is 11.4 Å². The second-order valence-corrected chi connectivity index (χ2v) is 0.922. The zero-order valence-corrected chi connectivity index (χ0v) is 6.57. The first kappa shape index (κ1) is 93.1. The standard InChI is InChI=1S/H3N.5H2O.3O.V/h1H3;5*1H2;;;;/q;;;;;;;;-1;/p+1. The van der Waals surface area contributed by atoms with Crippen molar-refractivity contribution in [3.63, 3.8) is 0 Å². The van der Waals surface area contributed by atoms with Crippen molar-refractivity contribution in [3.8, 4) is 0 Å². The van der Waals surface area contributed by atoms with Gasteiger partial charge < -0.3 is 33.5 Å². The molecule has 0 aromatic heterocycles. The molecule has 0 amide bonds. The third-order valence-corrected chi connectivity index (χ3v) is 0. The summed E-state index contributed by atoms with van der Waals surface area (Å²) in [6.45, 7) is 0. The van der Waals surface area contributed by atoms with Gasteiger partial charge in [-0.3, -0.25) is 0 Å². The van der Waals surface area contributed by atoms with Crippen molar-refractivity contribution in [2.45, 2.75) is 0 Å². The Morgan fingerprint density at radius 3 is 0.800 bits per heavy atom. The van der Waals surface area contributed by atoms with Crippen LogP contribution >= 0.6 is 0 Å². The van der Waals surface area contributed by atoms with Gasteiger partial charge in [0, 0.05) is 0 Å². The summed E-state index contributed by atoms with van der Waals surface area (Å²) in [5.41, 5.74) is 0. The predicted octanol–water partition coefficient (Wildman–Crippen LogP) is -5.18. The minimum absolute atomic E-state index is 0. The van der Waals surface area contributed by atoms with Gasteiger partial charge >= 0.3 is 26.8 Å². The van der Waals surface area contributed by atoms with Crippen LogP contribution in [0.25, 0.3) is 0 Å². The van der Waals surface area contributed by atoms with Crippen LogP contribution in [0.4, 0.5) is 0 Å². The molecule has 0 aliphatic heterocycles. The second-order valence-electron chi connectivity index (χ2n) is 0.224. The van der Waals surface area contributed by atoms with Gasteiger partial charge in [0.1, 0.15) is 0 Å². The van der Waals surface area contributed by atoms with E-state index in [0.717, 1.165) is 0 Å². The Bertz CT molecular complexity index is 57.7. The van der Waals surface area contributed by atoms with E-state index in [1.54, 1.807) is 0 Å². The van der Waals surface area contributed by atoms with Crippen molar-refractivity contribution >= 4 is 0 Å². The van der Waals surface area contributed by atoms with Crippen LogP contribution in [0, 0.1) is 0 Å². The van der Waals surface area contributed by atoms with E-state index in [1.807, 2.05) is 0 Å². The van der Waals surface area contributed by atoms with E-state index < -0.39 is 15.4 Å². The zero-order valence-electron chi connectivity index (χ0n) is 5.17. The maximum atomic E-state index is 8.56. The maximum absolute atomic E-state index is 8.56. The fourth-order valence-electron chi connectivity index (χ4n) is 0. The molecule has 0 aliphatic carbocycles. The predicted molar refractivity (Wildman–Crippen MR) is 25.4 cm³/mol. The zero-order chi connectivity index (χ0) is 3.58. The van der Waals surface area contributed by atoms with Crippen LogP contribution in [0.2, 0.25) is 0 Å².